The molecule has 0 aliphatic heterocycles. The lowest BCUT2D eigenvalue weighted by atomic mass is 10.1. The largest absolute Gasteiger partial charge is 0.493 e. The first-order valence-corrected chi connectivity index (χ1v) is 7.24. The quantitative estimate of drug-likeness (QED) is 0.684. The van der Waals surface area contributed by atoms with Crippen molar-refractivity contribution in [2.45, 2.75) is 19.3 Å². The monoisotopic (exact) mass is 273 g/mol. The Morgan fingerprint density at radius 3 is 3.00 bits per heavy atom. The molecule has 0 saturated heterocycles. The molecule has 3 nitrogen and oxygen atoms in total. The molecule has 0 radical (unpaired) electrons. The fraction of sp³-hybridized carbons (Fsp3) is 0.267. The summed E-state index contributed by atoms with van der Waals surface area (Å²) in [4.78, 5) is 1.34. The average molecular weight is 273 g/mol. The van der Waals surface area contributed by atoms with E-state index in [4.69, 9.17) is 9.94 Å². The van der Waals surface area contributed by atoms with Crippen LogP contribution in [0.3, 0.4) is 0 Å². The number of hydrogen-bond acceptors (Lipinski definition) is 4. The van der Waals surface area contributed by atoms with Gasteiger partial charge in [-0.15, -0.1) is 11.3 Å². The van der Waals surface area contributed by atoms with Crippen LogP contribution in [0.15, 0.2) is 40.9 Å². The number of ether oxygens (including phenoxy) is 1. The highest BCUT2D eigenvalue weighted by atomic mass is 32.1. The minimum absolute atomic E-state index is 0.695. The van der Waals surface area contributed by atoms with Crippen LogP contribution in [0.5, 0.6) is 5.75 Å². The molecule has 1 aromatic heterocycles. The van der Waals surface area contributed by atoms with Crippen molar-refractivity contribution < 1.29 is 9.94 Å². The van der Waals surface area contributed by atoms with Gasteiger partial charge in [-0.05, 0) is 48.1 Å². The van der Waals surface area contributed by atoms with Crippen LogP contribution in [0.1, 0.15) is 22.4 Å². The number of thiophene rings is 1. The Balaban J connectivity index is 1.64. The van der Waals surface area contributed by atoms with Crippen molar-refractivity contribution in [3.8, 4) is 5.75 Å². The number of aryl methyl sites for hydroxylation is 1. The molecule has 1 N–H and O–H groups in total. The maximum atomic E-state index is 8.89. The number of hydrogen-bond donors (Lipinski definition) is 1. The fourth-order valence-corrected chi connectivity index (χ4v) is 3.05. The SMILES string of the molecule is O/N=C1/CCc2cc(OCCc3cccs3)ccc21. The van der Waals surface area contributed by atoms with Crippen molar-refractivity contribution in [1.29, 1.82) is 0 Å². The average Bonchev–Trinajstić information content (AvgIpc) is 3.07. The Hall–Kier alpha value is -1.81. The van der Waals surface area contributed by atoms with E-state index < -0.39 is 0 Å². The lowest BCUT2D eigenvalue weighted by Crippen LogP contribution is -2.01. The predicted octanol–water partition coefficient (Wildman–Crippen LogP) is 3.49. The van der Waals surface area contributed by atoms with Crippen LogP contribution in [0.4, 0.5) is 0 Å². The lowest BCUT2D eigenvalue weighted by molar-refractivity contribution is 0.318. The number of fused-ring (bicyclic) bond motifs is 1. The van der Waals surface area contributed by atoms with Gasteiger partial charge in [0.2, 0.25) is 0 Å². The zero-order valence-electron chi connectivity index (χ0n) is 10.5. The van der Waals surface area contributed by atoms with Crippen molar-refractivity contribution >= 4 is 17.0 Å². The van der Waals surface area contributed by atoms with Gasteiger partial charge >= 0.3 is 0 Å². The molecule has 0 bridgehead atoms. The van der Waals surface area contributed by atoms with E-state index in [0.717, 1.165) is 36.3 Å². The Morgan fingerprint density at radius 1 is 1.26 bits per heavy atom. The molecular weight excluding hydrogens is 258 g/mol. The zero-order chi connectivity index (χ0) is 13.1. The van der Waals surface area contributed by atoms with Gasteiger partial charge in [0.1, 0.15) is 5.75 Å². The maximum absolute atomic E-state index is 8.89. The normalized spacial score (nSPS) is 15.7. The number of rotatable bonds is 4. The molecule has 2 aromatic rings. The van der Waals surface area contributed by atoms with Crippen LogP contribution in [0, 0.1) is 0 Å². The lowest BCUT2D eigenvalue weighted by Gasteiger charge is -2.07. The Bertz CT molecular complexity index is 590. The summed E-state index contributed by atoms with van der Waals surface area (Å²) < 4.78 is 5.78. The molecule has 0 unspecified atom stereocenters. The van der Waals surface area contributed by atoms with Crippen LogP contribution >= 0.6 is 11.3 Å². The summed E-state index contributed by atoms with van der Waals surface area (Å²) in [7, 11) is 0. The van der Waals surface area contributed by atoms with Crippen molar-refractivity contribution in [2.75, 3.05) is 6.61 Å². The van der Waals surface area contributed by atoms with Crippen molar-refractivity contribution in [3.05, 3.63) is 51.7 Å². The minimum Gasteiger partial charge on any atom is -0.493 e. The smallest absolute Gasteiger partial charge is 0.119 e. The molecule has 0 spiro atoms. The van der Waals surface area contributed by atoms with E-state index in [1.165, 1.54) is 10.4 Å². The number of benzene rings is 1. The molecule has 1 aliphatic carbocycles. The van der Waals surface area contributed by atoms with Gasteiger partial charge in [0.15, 0.2) is 0 Å². The summed E-state index contributed by atoms with van der Waals surface area (Å²) in [6.07, 6.45) is 2.68. The summed E-state index contributed by atoms with van der Waals surface area (Å²) in [6.45, 7) is 0.695. The van der Waals surface area contributed by atoms with E-state index >= 15 is 0 Å². The molecule has 3 rings (SSSR count). The van der Waals surface area contributed by atoms with E-state index in [2.05, 4.69) is 28.7 Å². The molecule has 0 amide bonds. The van der Waals surface area contributed by atoms with Crippen LogP contribution in [-0.2, 0) is 12.8 Å². The van der Waals surface area contributed by atoms with Gasteiger partial charge in [0.25, 0.3) is 0 Å². The fourth-order valence-electron chi connectivity index (χ4n) is 2.36. The van der Waals surface area contributed by atoms with Crippen molar-refractivity contribution in [1.82, 2.24) is 0 Å². The summed E-state index contributed by atoms with van der Waals surface area (Å²) in [5.41, 5.74) is 3.04. The van der Waals surface area contributed by atoms with E-state index in [1.54, 1.807) is 11.3 Å². The van der Waals surface area contributed by atoms with Gasteiger partial charge in [-0.3, -0.25) is 0 Å². The molecule has 0 saturated carbocycles. The first kappa shape index (κ1) is 12.2. The van der Waals surface area contributed by atoms with E-state index in [-0.39, 0.29) is 0 Å². The number of oxime groups is 1. The second kappa shape index (κ2) is 5.45. The highest BCUT2D eigenvalue weighted by Crippen LogP contribution is 2.26. The van der Waals surface area contributed by atoms with Gasteiger partial charge in [-0.2, -0.15) is 0 Å². The van der Waals surface area contributed by atoms with Crippen LogP contribution < -0.4 is 4.74 Å². The van der Waals surface area contributed by atoms with Gasteiger partial charge in [-0.1, -0.05) is 11.2 Å². The molecule has 0 atom stereocenters. The molecule has 1 aromatic carbocycles. The van der Waals surface area contributed by atoms with Crippen LogP contribution in [0.2, 0.25) is 0 Å². The standard InChI is InChI=1S/C15H15NO2S/c17-16-15-6-3-11-10-12(4-5-14(11)15)18-8-7-13-2-1-9-19-13/h1-2,4-5,9-10,17H,3,6-8H2/b16-15-. The van der Waals surface area contributed by atoms with Crippen molar-refractivity contribution in [2.24, 2.45) is 5.16 Å². The van der Waals surface area contributed by atoms with Gasteiger partial charge in [-0.25, -0.2) is 0 Å². The van der Waals surface area contributed by atoms with Gasteiger partial charge in [0.05, 0.1) is 12.3 Å². The van der Waals surface area contributed by atoms with Crippen LogP contribution in [-0.4, -0.2) is 17.5 Å². The molecule has 19 heavy (non-hydrogen) atoms. The summed E-state index contributed by atoms with van der Waals surface area (Å²) >= 11 is 1.76. The Morgan fingerprint density at radius 2 is 2.21 bits per heavy atom. The number of nitrogens with zero attached hydrogens (tertiary/aromatic N) is 1. The predicted molar refractivity (Wildman–Crippen MR) is 76.6 cm³/mol. The second-order valence-electron chi connectivity index (χ2n) is 4.54. The molecule has 4 heteroatoms. The first-order chi connectivity index (χ1) is 9.36. The topological polar surface area (TPSA) is 41.8 Å². The molecule has 0 fully saturated rings. The summed E-state index contributed by atoms with van der Waals surface area (Å²) in [5, 5.41) is 14.3. The zero-order valence-corrected chi connectivity index (χ0v) is 11.3. The highest BCUT2D eigenvalue weighted by Gasteiger charge is 2.18. The van der Waals surface area contributed by atoms with Crippen molar-refractivity contribution in [3.63, 3.8) is 0 Å². The summed E-state index contributed by atoms with van der Waals surface area (Å²) in [6, 6.07) is 10.2. The first-order valence-electron chi connectivity index (χ1n) is 6.36. The molecule has 1 aliphatic rings. The highest BCUT2D eigenvalue weighted by molar-refractivity contribution is 7.09. The second-order valence-corrected chi connectivity index (χ2v) is 5.58. The maximum Gasteiger partial charge on any atom is 0.119 e. The molecule has 1 heterocycles. The third kappa shape index (κ3) is 2.63. The van der Waals surface area contributed by atoms with E-state index in [1.807, 2.05) is 12.1 Å². The Labute approximate surface area is 116 Å². The summed E-state index contributed by atoms with van der Waals surface area (Å²) in [5.74, 6) is 0.898. The third-order valence-electron chi connectivity index (χ3n) is 3.34. The van der Waals surface area contributed by atoms with Gasteiger partial charge < -0.3 is 9.94 Å². The third-order valence-corrected chi connectivity index (χ3v) is 4.27. The minimum atomic E-state index is 0.695. The van der Waals surface area contributed by atoms with Gasteiger partial charge in [0, 0.05) is 16.9 Å². The van der Waals surface area contributed by atoms with E-state index in [0.29, 0.717) is 6.61 Å². The Kier molecular flexibility index (Phi) is 3.51. The molecule has 98 valence electrons. The van der Waals surface area contributed by atoms with E-state index in [9.17, 15) is 0 Å². The molecular formula is C15H15NO2S. The van der Waals surface area contributed by atoms with Crippen LogP contribution in [0.25, 0.3) is 0 Å².